The van der Waals surface area contributed by atoms with Crippen LogP contribution in [0.2, 0.25) is 0 Å². The summed E-state index contributed by atoms with van der Waals surface area (Å²) in [5.74, 6) is 0. The van der Waals surface area contributed by atoms with Gasteiger partial charge < -0.3 is 5.32 Å². The first kappa shape index (κ1) is 17.4. The van der Waals surface area contributed by atoms with Crippen molar-refractivity contribution in [1.82, 2.24) is 5.32 Å². The zero-order chi connectivity index (χ0) is 12.8. The van der Waals surface area contributed by atoms with E-state index in [4.69, 9.17) is 0 Å². The monoisotopic (exact) mass is 225 g/mol. The highest BCUT2D eigenvalue weighted by molar-refractivity contribution is 5.38. The van der Waals surface area contributed by atoms with Crippen molar-refractivity contribution in [3.05, 3.63) is 35.6 Å². The van der Waals surface area contributed by atoms with E-state index >= 15 is 0 Å². The zero-order valence-corrected chi connectivity index (χ0v) is 11.9. The molecule has 1 nitrogen and oxygen atoms in total. The summed E-state index contributed by atoms with van der Waals surface area (Å²) in [6.45, 7) is 13.1. The summed E-state index contributed by atoms with van der Waals surface area (Å²) < 4.78 is 0. The number of hydrogen-bond acceptors (Lipinski definition) is 1. The number of hydrogen-bond donors (Lipinski definition) is 1. The molecule has 96 valence electrons. The highest BCUT2D eigenvalue weighted by atomic mass is 14.9. The smallest absolute Gasteiger partial charge is 0.0336 e. The molecule has 0 atom stereocenters. The highest BCUT2D eigenvalue weighted by Crippen LogP contribution is 2.20. The second-order valence-electron chi connectivity index (χ2n) is 2.65. The number of fused-ring (bicyclic) bond motifs is 1. The SMILES string of the molecule is C1=CCC=C2NCCC2=C1.CC.CC.CC.[HH]. The molecule has 0 saturated carbocycles. The van der Waals surface area contributed by atoms with Crippen LogP contribution in [0.1, 0.15) is 55.8 Å². The molecule has 1 aliphatic carbocycles. The molecule has 1 N–H and O–H groups in total. The van der Waals surface area contributed by atoms with E-state index in [9.17, 15) is 0 Å². The Kier molecular flexibility index (Phi) is 15.3. The molecule has 1 fully saturated rings. The lowest BCUT2D eigenvalue weighted by atomic mass is 10.2. The fourth-order valence-corrected chi connectivity index (χ4v) is 1.41. The molecule has 2 rings (SSSR count). The third kappa shape index (κ3) is 6.49. The summed E-state index contributed by atoms with van der Waals surface area (Å²) in [7, 11) is 0. The van der Waals surface area contributed by atoms with Crippen molar-refractivity contribution in [2.45, 2.75) is 54.4 Å². The first-order chi connectivity index (χ1) is 7.97. The lowest BCUT2D eigenvalue weighted by Gasteiger charge is -1.96. The molecule has 0 bridgehead atoms. The van der Waals surface area contributed by atoms with E-state index in [-0.39, 0.29) is 1.43 Å². The molecule has 0 amide bonds. The zero-order valence-electron chi connectivity index (χ0n) is 11.9. The van der Waals surface area contributed by atoms with Crippen molar-refractivity contribution in [2.75, 3.05) is 6.54 Å². The average molecular weight is 225 g/mol. The molecular weight excluding hydrogens is 194 g/mol. The average Bonchev–Trinajstić information content (AvgIpc) is 2.73. The summed E-state index contributed by atoms with van der Waals surface area (Å²) in [6, 6.07) is 0. The van der Waals surface area contributed by atoms with E-state index in [1.807, 2.05) is 41.5 Å². The van der Waals surface area contributed by atoms with Gasteiger partial charge in [-0.3, -0.25) is 0 Å². The maximum Gasteiger partial charge on any atom is 0.0336 e. The Balaban J connectivity index is -0.000000248. The highest BCUT2D eigenvalue weighted by Gasteiger charge is 2.11. The van der Waals surface area contributed by atoms with Crippen molar-refractivity contribution >= 4 is 0 Å². The van der Waals surface area contributed by atoms with Crippen LogP contribution in [0.25, 0.3) is 0 Å². The largest absolute Gasteiger partial charge is 0.385 e. The molecule has 2 aliphatic rings. The summed E-state index contributed by atoms with van der Waals surface area (Å²) in [5.41, 5.74) is 2.82. The summed E-state index contributed by atoms with van der Waals surface area (Å²) in [5, 5.41) is 3.35. The maximum absolute atomic E-state index is 3.35. The molecule has 0 aromatic rings. The van der Waals surface area contributed by atoms with E-state index in [2.05, 4.69) is 29.6 Å². The van der Waals surface area contributed by atoms with Gasteiger partial charge in [-0.05, 0) is 18.4 Å². The van der Waals surface area contributed by atoms with Gasteiger partial charge in [0, 0.05) is 13.7 Å². The Hall–Kier alpha value is -0.980. The van der Waals surface area contributed by atoms with Gasteiger partial charge in [0.2, 0.25) is 0 Å². The lowest BCUT2D eigenvalue weighted by molar-refractivity contribution is 0.911. The quantitative estimate of drug-likeness (QED) is 0.606. The van der Waals surface area contributed by atoms with Crippen LogP contribution in [0.15, 0.2) is 35.6 Å². The molecule has 0 spiro atoms. The van der Waals surface area contributed by atoms with Crippen LogP contribution in [0.4, 0.5) is 0 Å². The molecule has 1 saturated heterocycles. The molecular formula is C15H31N. The first-order valence-corrected chi connectivity index (χ1v) is 6.77. The van der Waals surface area contributed by atoms with Crippen LogP contribution < -0.4 is 5.32 Å². The molecule has 1 heteroatoms. The van der Waals surface area contributed by atoms with Crippen LogP contribution in [0.3, 0.4) is 0 Å². The van der Waals surface area contributed by atoms with Gasteiger partial charge >= 0.3 is 0 Å². The molecule has 16 heavy (non-hydrogen) atoms. The van der Waals surface area contributed by atoms with E-state index in [0.29, 0.717) is 0 Å². The van der Waals surface area contributed by atoms with Crippen LogP contribution in [0, 0.1) is 0 Å². The van der Waals surface area contributed by atoms with Crippen LogP contribution >= 0.6 is 0 Å². The number of allylic oxidation sites excluding steroid dienone is 5. The van der Waals surface area contributed by atoms with E-state index in [1.165, 1.54) is 17.7 Å². The molecule has 1 aliphatic heterocycles. The fraction of sp³-hybridized carbons (Fsp3) is 0.600. The molecule has 0 radical (unpaired) electrons. The van der Waals surface area contributed by atoms with Gasteiger partial charge in [-0.2, -0.15) is 0 Å². The van der Waals surface area contributed by atoms with Gasteiger partial charge in [0.15, 0.2) is 0 Å². The maximum atomic E-state index is 3.35. The summed E-state index contributed by atoms with van der Waals surface area (Å²) in [4.78, 5) is 0. The fourth-order valence-electron chi connectivity index (χ4n) is 1.41. The van der Waals surface area contributed by atoms with Gasteiger partial charge in [0.25, 0.3) is 0 Å². The molecule has 0 aromatic heterocycles. The number of rotatable bonds is 0. The summed E-state index contributed by atoms with van der Waals surface area (Å²) in [6.07, 6.45) is 11.0. The molecule has 1 heterocycles. The van der Waals surface area contributed by atoms with Crippen LogP contribution in [-0.4, -0.2) is 6.54 Å². The van der Waals surface area contributed by atoms with Crippen molar-refractivity contribution < 1.29 is 1.43 Å². The Bertz CT molecular complexity index is 227. The first-order valence-electron chi connectivity index (χ1n) is 6.77. The van der Waals surface area contributed by atoms with Crippen LogP contribution in [0.5, 0.6) is 0 Å². The predicted molar refractivity (Wildman–Crippen MR) is 78.7 cm³/mol. The summed E-state index contributed by atoms with van der Waals surface area (Å²) >= 11 is 0. The van der Waals surface area contributed by atoms with Crippen molar-refractivity contribution in [2.24, 2.45) is 0 Å². The van der Waals surface area contributed by atoms with Gasteiger partial charge in [0.1, 0.15) is 0 Å². The third-order valence-corrected chi connectivity index (χ3v) is 1.95. The molecule has 0 unspecified atom stereocenters. The van der Waals surface area contributed by atoms with Crippen molar-refractivity contribution in [1.29, 1.82) is 0 Å². The normalized spacial score (nSPS) is 15.1. The minimum Gasteiger partial charge on any atom is -0.385 e. The lowest BCUT2D eigenvalue weighted by Crippen LogP contribution is -2.03. The second-order valence-corrected chi connectivity index (χ2v) is 2.65. The Morgan fingerprint density at radius 2 is 1.69 bits per heavy atom. The van der Waals surface area contributed by atoms with Gasteiger partial charge in [-0.15, -0.1) is 0 Å². The topological polar surface area (TPSA) is 12.0 Å². The second kappa shape index (κ2) is 14.0. The minimum atomic E-state index is 0. The minimum absolute atomic E-state index is 0. The Morgan fingerprint density at radius 1 is 1.06 bits per heavy atom. The van der Waals surface area contributed by atoms with Crippen molar-refractivity contribution in [3.8, 4) is 0 Å². The Morgan fingerprint density at radius 3 is 2.31 bits per heavy atom. The molecule has 0 aromatic carbocycles. The third-order valence-electron chi connectivity index (χ3n) is 1.95. The van der Waals surface area contributed by atoms with Crippen molar-refractivity contribution in [3.63, 3.8) is 0 Å². The predicted octanol–water partition coefficient (Wildman–Crippen LogP) is 5.07. The number of nitrogens with one attached hydrogen (secondary N) is 1. The van der Waals surface area contributed by atoms with Gasteiger partial charge in [-0.25, -0.2) is 0 Å². The van der Waals surface area contributed by atoms with Crippen LogP contribution in [-0.2, 0) is 0 Å². The standard InChI is InChI=1S/C9H11N.3C2H6.H2/c1-2-4-8-6-7-10-9(8)5-3-1;3*1-2;/h1-2,4-5,10H,3,6-7H2;3*1-2H3;1H. The van der Waals surface area contributed by atoms with Gasteiger partial charge in [-0.1, -0.05) is 65.8 Å². The van der Waals surface area contributed by atoms with E-state index < -0.39 is 0 Å². The van der Waals surface area contributed by atoms with E-state index in [0.717, 1.165) is 13.0 Å². The Labute approximate surface area is 104 Å². The van der Waals surface area contributed by atoms with E-state index in [1.54, 1.807) is 0 Å². The van der Waals surface area contributed by atoms with Gasteiger partial charge in [0.05, 0.1) is 0 Å².